The van der Waals surface area contributed by atoms with Crippen molar-refractivity contribution in [3.8, 4) is 0 Å². The number of carbonyl (C=O) groups is 1. The molecule has 0 saturated carbocycles. The molecular weight excluding hydrogens is 262 g/mol. The second kappa shape index (κ2) is 9.40. The van der Waals surface area contributed by atoms with Crippen LogP contribution in [-0.4, -0.2) is 19.1 Å². The highest BCUT2D eigenvalue weighted by Gasteiger charge is 2.06. The highest BCUT2D eigenvalue weighted by atomic mass is 16.2. The van der Waals surface area contributed by atoms with Gasteiger partial charge in [0.05, 0.1) is 0 Å². The van der Waals surface area contributed by atoms with E-state index in [2.05, 4.69) is 49.7 Å². The van der Waals surface area contributed by atoms with E-state index in [1.807, 2.05) is 18.2 Å². The maximum absolute atomic E-state index is 11.8. The van der Waals surface area contributed by atoms with E-state index >= 15 is 0 Å². The lowest BCUT2D eigenvalue weighted by molar-refractivity contribution is 0.251. The SMILES string of the molecule is CCNC(C)c1cccc(NC(=O)NCCCC(C)C)c1. The normalized spacial score (nSPS) is 12.2. The van der Waals surface area contributed by atoms with Crippen LogP contribution in [0.3, 0.4) is 0 Å². The molecule has 0 saturated heterocycles. The van der Waals surface area contributed by atoms with E-state index in [9.17, 15) is 4.79 Å². The standard InChI is InChI=1S/C17H29N3O/c1-5-18-14(4)15-9-6-10-16(12-15)20-17(21)19-11-7-8-13(2)3/h6,9-10,12-14,18H,5,7-8,11H2,1-4H3,(H2,19,20,21). The summed E-state index contributed by atoms with van der Waals surface area (Å²) >= 11 is 0. The smallest absolute Gasteiger partial charge is 0.319 e. The van der Waals surface area contributed by atoms with Crippen LogP contribution >= 0.6 is 0 Å². The van der Waals surface area contributed by atoms with E-state index in [0.717, 1.165) is 31.6 Å². The summed E-state index contributed by atoms with van der Waals surface area (Å²) in [6.45, 7) is 10.2. The molecule has 2 amide bonds. The number of rotatable bonds is 8. The van der Waals surface area contributed by atoms with E-state index in [1.54, 1.807) is 0 Å². The number of amides is 2. The van der Waals surface area contributed by atoms with E-state index in [4.69, 9.17) is 0 Å². The molecule has 0 heterocycles. The number of anilines is 1. The summed E-state index contributed by atoms with van der Waals surface area (Å²) in [6.07, 6.45) is 2.15. The first-order chi connectivity index (χ1) is 10.0. The fraction of sp³-hybridized carbons (Fsp3) is 0.588. The predicted octanol–water partition coefficient (Wildman–Crippen LogP) is 3.91. The fourth-order valence-corrected chi connectivity index (χ4v) is 2.20. The first-order valence-electron chi connectivity index (χ1n) is 7.91. The van der Waals surface area contributed by atoms with Crippen LogP contribution in [0.1, 0.15) is 52.1 Å². The molecule has 0 bridgehead atoms. The Morgan fingerprint density at radius 3 is 2.67 bits per heavy atom. The van der Waals surface area contributed by atoms with E-state index in [1.165, 1.54) is 5.56 Å². The van der Waals surface area contributed by atoms with Crippen LogP contribution in [0.15, 0.2) is 24.3 Å². The lowest BCUT2D eigenvalue weighted by atomic mass is 10.1. The van der Waals surface area contributed by atoms with Crippen molar-refractivity contribution >= 4 is 11.7 Å². The molecule has 1 rings (SSSR count). The van der Waals surface area contributed by atoms with E-state index in [-0.39, 0.29) is 12.1 Å². The van der Waals surface area contributed by atoms with Crippen molar-refractivity contribution in [2.75, 3.05) is 18.4 Å². The van der Waals surface area contributed by atoms with Crippen LogP contribution in [0.5, 0.6) is 0 Å². The number of benzene rings is 1. The van der Waals surface area contributed by atoms with Crippen molar-refractivity contribution < 1.29 is 4.79 Å². The quantitative estimate of drug-likeness (QED) is 0.636. The lowest BCUT2D eigenvalue weighted by Crippen LogP contribution is -2.29. The minimum absolute atomic E-state index is 0.132. The molecule has 4 nitrogen and oxygen atoms in total. The maximum atomic E-state index is 11.8. The lowest BCUT2D eigenvalue weighted by Gasteiger charge is -2.14. The van der Waals surface area contributed by atoms with Crippen molar-refractivity contribution in [1.82, 2.24) is 10.6 Å². The van der Waals surface area contributed by atoms with Gasteiger partial charge >= 0.3 is 6.03 Å². The first kappa shape index (κ1) is 17.5. The van der Waals surface area contributed by atoms with Gasteiger partial charge in [-0.2, -0.15) is 0 Å². The molecule has 1 aromatic carbocycles. The highest BCUT2D eigenvalue weighted by Crippen LogP contribution is 2.17. The average Bonchev–Trinajstić information content (AvgIpc) is 2.44. The largest absolute Gasteiger partial charge is 0.338 e. The molecule has 0 aliphatic rings. The Morgan fingerprint density at radius 2 is 2.00 bits per heavy atom. The molecule has 0 radical (unpaired) electrons. The summed E-state index contributed by atoms with van der Waals surface area (Å²) in [4.78, 5) is 11.8. The van der Waals surface area contributed by atoms with Gasteiger partial charge in [-0.05, 0) is 49.9 Å². The van der Waals surface area contributed by atoms with Gasteiger partial charge in [0.2, 0.25) is 0 Å². The number of urea groups is 1. The minimum Gasteiger partial charge on any atom is -0.338 e. The Bertz CT molecular complexity index is 432. The van der Waals surface area contributed by atoms with Crippen LogP contribution in [-0.2, 0) is 0 Å². The van der Waals surface area contributed by atoms with Crippen molar-refractivity contribution in [2.45, 2.75) is 46.6 Å². The fourth-order valence-electron chi connectivity index (χ4n) is 2.20. The molecule has 0 aromatic heterocycles. The van der Waals surface area contributed by atoms with Crippen molar-refractivity contribution in [1.29, 1.82) is 0 Å². The summed E-state index contributed by atoms with van der Waals surface area (Å²) in [5.41, 5.74) is 2.01. The highest BCUT2D eigenvalue weighted by molar-refractivity contribution is 5.89. The molecule has 21 heavy (non-hydrogen) atoms. The zero-order chi connectivity index (χ0) is 15.7. The first-order valence-corrected chi connectivity index (χ1v) is 7.91. The van der Waals surface area contributed by atoms with Crippen LogP contribution in [0.2, 0.25) is 0 Å². The van der Waals surface area contributed by atoms with Crippen LogP contribution in [0, 0.1) is 5.92 Å². The van der Waals surface area contributed by atoms with Gasteiger partial charge in [-0.1, -0.05) is 32.9 Å². The molecule has 0 aliphatic heterocycles. The topological polar surface area (TPSA) is 53.2 Å². The molecule has 0 spiro atoms. The van der Waals surface area contributed by atoms with Gasteiger partial charge < -0.3 is 16.0 Å². The van der Waals surface area contributed by atoms with Gasteiger partial charge in [-0.25, -0.2) is 4.79 Å². The summed E-state index contributed by atoms with van der Waals surface area (Å²) in [6, 6.07) is 8.12. The van der Waals surface area contributed by atoms with E-state index < -0.39 is 0 Å². The summed E-state index contributed by atoms with van der Waals surface area (Å²) < 4.78 is 0. The van der Waals surface area contributed by atoms with E-state index in [0.29, 0.717) is 5.92 Å². The Labute approximate surface area is 128 Å². The molecule has 118 valence electrons. The Hall–Kier alpha value is -1.55. The molecule has 3 N–H and O–H groups in total. The number of nitrogens with one attached hydrogen (secondary N) is 3. The van der Waals surface area contributed by atoms with Crippen molar-refractivity contribution in [3.05, 3.63) is 29.8 Å². The Kier molecular flexibility index (Phi) is 7.83. The molecule has 0 aliphatic carbocycles. The summed E-state index contributed by atoms with van der Waals surface area (Å²) in [5, 5.41) is 9.15. The molecule has 4 heteroatoms. The average molecular weight is 291 g/mol. The van der Waals surface area contributed by atoms with Gasteiger partial charge in [-0.3, -0.25) is 0 Å². The van der Waals surface area contributed by atoms with Crippen LogP contribution in [0.4, 0.5) is 10.5 Å². The molecule has 1 unspecified atom stereocenters. The zero-order valence-corrected chi connectivity index (χ0v) is 13.7. The number of hydrogen-bond donors (Lipinski definition) is 3. The van der Waals surface area contributed by atoms with Gasteiger partial charge in [0, 0.05) is 18.3 Å². The molecule has 0 fully saturated rings. The van der Waals surface area contributed by atoms with Gasteiger partial charge in [0.25, 0.3) is 0 Å². The third-order valence-corrected chi connectivity index (χ3v) is 3.40. The monoisotopic (exact) mass is 291 g/mol. The number of hydrogen-bond acceptors (Lipinski definition) is 2. The minimum atomic E-state index is -0.132. The predicted molar refractivity (Wildman–Crippen MR) is 89.6 cm³/mol. The molecule has 1 aromatic rings. The number of carbonyl (C=O) groups excluding carboxylic acids is 1. The zero-order valence-electron chi connectivity index (χ0n) is 13.7. The second-order valence-electron chi connectivity index (χ2n) is 5.82. The van der Waals surface area contributed by atoms with Crippen molar-refractivity contribution in [2.24, 2.45) is 5.92 Å². The third kappa shape index (κ3) is 7.14. The Morgan fingerprint density at radius 1 is 1.24 bits per heavy atom. The summed E-state index contributed by atoms with van der Waals surface area (Å²) in [7, 11) is 0. The van der Waals surface area contributed by atoms with Gasteiger partial charge in [0.15, 0.2) is 0 Å². The second-order valence-corrected chi connectivity index (χ2v) is 5.82. The molecular formula is C17H29N3O. The third-order valence-electron chi connectivity index (χ3n) is 3.40. The van der Waals surface area contributed by atoms with Gasteiger partial charge in [-0.15, -0.1) is 0 Å². The van der Waals surface area contributed by atoms with Gasteiger partial charge in [0.1, 0.15) is 0 Å². The molecule has 1 atom stereocenters. The maximum Gasteiger partial charge on any atom is 0.319 e. The summed E-state index contributed by atoms with van der Waals surface area (Å²) in [5.74, 6) is 0.680. The van der Waals surface area contributed by atoms with Crippen molar-refractivity contribution in [3.63, 3.8) is 0 Å². The van der Waals surface area contributed by atoms with Crippen LogP contribution < -0.4 is 16.0 Å². The Balaban J connectivity index is 2.43. The van der Waals surface area contributed by atoms with Crippen LogP contribution in [0.25, 0.3) is 0 Å².